The van der Waals surface area contributed by atoms with Gasteiger partial charge in [0.1, 0.15) is 0 Å². The number of rotatable bonds is 3. The van der Waals surface area contributed by atoms with Crippen molar-refractivity contribution in [3.05, 3.63) is 47.4 Å². The van der Waals surface area contributed by atoms with Crippen molar-refractivity contribution in [3.63, 3.8) is 0 Å². The zero-order valence-electron chi connectivity index (χ0n) is 10.9. The van der Waals surface area contributed by atoms with Crippen molar-refractivity contribution in [2.24, 2.45) is 0 Å². The normalized spacial score (nSPS) is 10.4. The fourth-order valence-corrected chi connectivity index (χ4v) is 1.79. The van der Waals surface area contributed by atoms with Gasteiger partial charge in [0.25, 0.3) is 0 Å². The molecule has 0 saturated heterocycles. The number of hydrogen-bond acceptors (Lipinski definition) is 3. The Bertz CT molecular complexity index is 574. The number of carbonyl (C=O) groups is 1. The van der Waals surface area contributed by atoms with Crippen molar-refractivity contribution >= 4 is 5.78 Å². The lowest BCUT2D eigenvalue weighted by Crippen LogP contribution is -2.03. The van der Waals surface area contributed by atoms with Crippen LogP contribution in [0.3, 0.4) is 0 Å². The molecule has 0 N–H and O–H groups in total. The SMILES string of the molecule is CCc1ccc(-c2cc(C)nc(C(C)=O)n2)cc1. The molecule has 0 aliphatic heterocycles. The maximum Gasteiger partial charge on any atom is 0.196 e. The van der Waals surface area contributed by atoms with Gasteiger partial charge in [-0.3, -0.25) is 4.79 Å². The molecule has 2 aromatic rings. The summed E-state index contributed by atoms with van der Waals surface area (Å²) in [5, 5.41) is 0. The van der Waals surface area contributed by atoms with Gasteiger partial charge < -0.3 is 0 Å². The van der Waals surface area contributed by atoms with Crippen molar-refractivity contribution in [2.75, 3.05) is 0 Å². The zero-order valence-corrected chi connectivity index (χ0v) is 10.9. The van der Waals surface area contributed by atoms with E-state index in [9.17, 15) is 4.79 Å². The summed E-state index contributed by atoms with van der Waals surface area (Å²) < 4.78 is 0. The maximum atomic E-state index is 11.4. The van der Waals surface area contributed by atoms with Crippen LogP contribution in [0.2, 0.25) is 0 Å². The molecule has 0 amide bonds. The van der Waals surface area contributed by atoms with Crippen LogP contribution in [0, 0.1) is 6.92 Å². The van der Waals surface area contributed by atoms with E-state index in [0.29, 0.717) is 0 Å². The van der Waals surface area contributed by atoms with Crippen LogP contribution in [0.1, 0.15) is 35.7 Å². The third-order valence-electron chi connectivity index (χ3n) is 2.83. The molecule has 3 nitrogen and oxygen atoms in total. The predicted octanol–water partition coefficient (Wildman–Crippen LogP) is 3.22. The van der Waals surface area contributed by atoms with E-state index in [1.165, 1.54) is 12.5 Å². The topological polar surface area (TPSA) is 42.9 Å². The Morgan fingerprint density at radius 3 is 2.39 bits per heavy atom. The zero-order chi connectivity index (χ0) is 13.1. The Balaban J connectivity index is 2.46. The molecule has 0 atom stereocenters. The first-order valence-electron chi connectivity index (χ1n) is 6.06. The van der Waals surface area contributed by atoms with Crippen molar-refractivity contribution in [1.82, 2.24) is 9.97 Å². The summed E-state index contributed by atoms with van der Waals surface area (Å²) in [6.45, 7) is 5.48. The third kappa shape index (κ3) is 2.62. The Morgan fingerprint density at radius 2 is 1.83 bits per heavy atom. The highest BCUT2D eigenvalue weighted by molar-refractivity contribution is 5.90. The minimum Gasteiger partial charge on any atom is -0.291 e. The number of nitrogens with zero attached hydrogens (tertiary/aromatic N) is 2. The van der Waals surface area contributed by atoms with Gasteiger partial charge in [0.15, 0.2) is 11.6 Å². The molecule has 0 aliphatic carbocycles. The monoisotopic (exact) mass is 240 g/mol. The second-order valence-electron chi connectivity index (χ2n) is 4.32. The van der Waals surface area contributed by atoms with Crippen LogP contribution in [0.5, 0.6) is 0 Å². The van der Waals surface area contributed by atoms with E-state index in [4.69, 9.17) is 0 Å². The van der Waals surface area contributed by atoms with Crippen LogP contribution in [0.4, 0.5) is 0 Å². The fourth-order valence-electron chi connectivity index (χ4n) is 1.79. The Hall–Kier alpha value is -2.03. The number of carbonyl (C=O) groups excluding carboxylic acids is 1. The van der Waals surface area contributed by atoms with Gasteiger partial charge in [-0.25, -0.2) is 9.97 Å². The quantitative estimate of drug-likeness (QED) is 0.774. The fraction of sp³-hybridized carbons (Fsp3) is 0.267. The van der Waals surface area contributed by atoms with Crippen LogP contribution in [-0.2, 0) is 6.42 Å². The molecule has 18 heavy (non-hydrogen) atoms. The van der Waals surface area contributed by atoms with E-state index >= 15 is 0 Å². The Morgan fingerprint density at radius 1 is 1.17 bits per heavy atom. The molecular formula is C15H16N2O. The van der Waals surface area contributed by atoms with E-state index in [2.05, 4.69) is 29.0 Å². The second-order valence-corrected chi connectivity index (χ2v) is 4.32. The van der Waals surface area contributed by atoms with E-state index in [1.807, 2.05) is 25.1 Å². The molecule has 0 radical (unpaired) electrons. The minimum atomic E-state index is -0.106. The molecule has 0 fully saturated rings. The van der Waals surface area contributed by atoms with E-state index in [0.717, 1.165) is 23.4 Å². The summed E-state index contributed by atoms with van der Waals surface area (Å²) in [7, 11) is 0. The van der Waals surface area contributed by atoms with Gasteiger partial charge in [-0.15, -0.1) is 0 Å². The van der Waals surface area contributed by atoms with Gasteiger partial charge in [-0.05, 0) is 25.0 Å². The van der Waals surface area contributed by atoms with Gasteiger partial charge in [0.2, 0.25) is 0 Å². The van der Waals surface area contributed by atoms with Crippen LogP contribution in [-0.4, -0.2) is 15.8 Å². The lowest BCUT2D eigenvalue weighted by molar-refractivity contribution is 0.100. The summed E-state index contributed by atoms with van der Waals surface area (Å²) in [6, 6.07) is 10.1. The van der Waals surface area contributed by atoms with Gasteiger partial charge >= 0.3 is 0 Å². The summed E-state index contributed by atoms with van der Waals surface area (Å²) in [4.78, 5) is 19.8. The largest absolute Gasteiger partial charge is 0.291 e. The Kier molecular flexibility index (Phi) is 3.51. The standard InChI is InChI=1S/C15H16N2O/c1-4-12-5-7-13(8-6-12)14-9-10(2)16-15(17-14)11(3)18/h5-9H,4H2,1-3H3. The summed E-state index contributed by atoms with van der Waals surface area (Å²) in [6.07, 6.45) is 1.02. The molecule has 0 spiro atoms. The highest BCUT2D eigenvalue weighted by atomic mass is 16.1. The molecular weight excluding hydrogens is 224 g/mol. The summed E-state index contributed by atoms with van der Waals surface area (Å²) >= 11 is 0. The van der Waals surface area contributed by atoms with Gasteiger partial charge in [-0.2, -0.15) is 0 Å². The van der Waals surface area contributed by atoms with Crippen LogP contribution >= 0.6 is 0 Å². The average molecular weight is 240 g/mol. The molecule has 0 unspecified atom stereocenters. The lowest BCUT2D eigenvalue weighted by atomic mass is 10.1. The number of hydrogen-bond donors (Lipinski definition) is 0. The molecule has 3 heteroatoms. The molecule has 0 aliphatic rings. The van der Waals surface area contributed by atoms with Gasteiger partial charge in [0, 0.05) is 18.2 Å². The number of Topliss-reactive ketones (excluding diaryl/α,β-unsaturated/α-hetero) is 1. The number of aryl methyl sites for hydroxylation is 2. The summed E-state index contributed by atoms with van der Waals surface area (Å²) in [5.41, 5.74) is 3.91. The number of aromatic nitrogens is 2. The van der Waals surface area contributed by atoms with E-state index in [-0.39, 0.29) is 11.6 Å². The minimum absolute atomic E-state index is 0.106. The molecule has 92 valence electrons. The molecule has 1 aromatic carbocycles. The number of ketones is 1. The predicted molar refractivity (Wildman–Crippen MR) is 71.6 cm³/mol. The molecule has 0 bridgehead atoms. The first-order valence-corrected chi connectivity index (χ1v) is 6.06. The average Bonchev–Trinajstić information content (AvgIpc) is 2.38. The second kappa shape index (κ2) is 5.08. The first-order chi connectivity index (χ1) is 8.60. The number of benzene rings is 1. The summed E-state index contributed by atoms with van der Waals surface area (Å²) in [5.74, 6) is 0.176. The van der Waals surface area contributed by atoms with E-state index < -0.39 is 0 Å². The van der Waals surface area contributed by atoms with Crippen molar-refractivity contribution in [1.29, 1.82) is 0 Å². The maximum absolute atomic E-state index is 11.4. The van der Waals surface area contributed by atoms with Gasteiger partial charge in [-0.1, -0.05) is 31.2 Å². The lowest BCUT2D eigenvalue weighted by Gasteiger charge is -2.05. The molecule has 0 saturated carbocycles. The highest BCUT2D eigenvalue weighted by Gasteiger charge is 2.08. The van der Waals surface area contributed by atoms with Crippen molar-refractivity contribution < 1.29 is 4.79 Å². The molecule has 1 heterocycles. The van der Waals surface area contributed by atoms with Crippen molar-refractivity contribution in [3.8, 4) is 11.3 Å². The molecule has 1 aromatic heterocycles. The van der Waals surface area contributed by atoms with Crippen molar-refractivity contribution in [2.45, 2.75) is 27.2 Å². The van der Waals surface area contributed by atoms with Crippen LogP contribution in [0.25, 0.3) is 11.3 Å². The third-order valence-corrected chi connectivity index (χ3v) is 2.83. The molecule has 2 rings (SSSR count). The Labute approximate surface area is 107 Å². The van der Waals surface area contributed by atoms with Gasteiger partial charge in [0.05, 0.1) is 5.69 Å². The smallest absolute Gasteiger partial charge is 0.196 e. The first kappa shape index (κ1) is 12.4. The highest BCUT2D eigenvalue weighted by Crippen LogP contribution is 2.19. The van der Waals surface area contributed by atoms with Crippen LogP contribution in [0.15, 0.2) is 30.3 Å². The van der Waals surface area contributed by atoms with E-state index in [1.54, 1.807) is 0 Å². The van der Waals surface area contributed by atoms with Crippen LogP contribution < -0.4 is 0 Å².